The third-order valence-corrected chi connectivity index (χ3v) is 2.31. The molecule has 15 heavy (non-hydrogen) atoms. The van der Waals surface area contributed by atoms with Crippen LogP contribution in [0, 0.1) is 0 Å². The summed E-state index contributed by atoms with van der Waals surface area (Å²) in [4.78, 5) is 0. The lowest BCUT2D eigenvalue weighted by molar-refractivity contribution is 0.318. The lowest BCUT2D eigenvalue weighted by atomic mass is 10.1. The molecule has 0 saturated carbocycles. The summed E-state index contributed by atoms with van der Waals surface area (Å²) in [5, 5.41) is 12.6. The van der Waals surface area contributed by atoms with Gasteiger partial charge in [-0.3, -0.25) is 0 Å². The number of rotatable bonds is 3. The van der Waals surface area contributed by atoms with Crippen LogP contribution in [-0.4, -0.2) is 10.9 Å². The van der Waals surface area contributed by atoms with Crippen LogP contribution in [-0.2, 0) is 0 Å². The van der Waals surface area contributed by atoms with Crippen LogP contribution in [0.15, 0.2) is 40.0 Å². The maximum atomic E-state index is 8.80. The molecule has 5 heteroatoms. The van der Waals surface area contributed by atoms with E-state index in [-0.39, 0.29) is 4.49 Å². The Morgan fingerprint density at radius 1 is 1.27 bits per heavy atom. The molecule has 0 aromatic heterocycles. The highest BCUT2D eigenvalue weighted by Gasteiger charge is 2.02. The van der Waals surface area contributed by atoms with E-state index in [9.17, 15) is 0 Å². The monoisotopic (exact) mass is 263 g/mol. The third kappa shape index (κ3) is 4.12. The predicted octanol–water partition coefficient (Wildman–Crippen LogP) is 4.23. The van der Waals surface area contributed by atoms with E-state index in [4.69, 9.17) is 40.0 Å². The number of hydrogen-bond acceptors (Lipinski definition) is 2. The summed E-state index contributed by atoms with van der Waals surface area (Å²) in [6.07, 6.45) is 1.91. The van der Waals surface area contributed by atoms with Crippen molar-refractivity contribution in [1.82, 2.24) is 0 Å². The van der Waals surface area contributed by atoms with E-state index in [0.29, 0.717) is 17.2 Å². The molecule has 1 rings (SSSR count). The van der Waals surface area contributed by atoms with E-state index in [0.717, 1.165) is 5.56 Å². The van der Waals surface area contributed by atoms with Crippen molar-refractivity contribution in [1.29, 1.82) is 0 Å². The van der Waals surface area contributed by atoms with Gasteiger partial charge in [-0.15, -0.1) is 0 Å². The van der Waals surface area contributed by atoms with Gasteiger partial charge in [-0.25, -0.2) is 0 Å². The molecule has 1 aromatic carbocycles. The van der Waals surface area contributed by atoms with Crippen molar-refractivity contribution in [3.05, 3.63) is 45.4 Å². The lowest BCUT2D eigenvalue weighted by Gasteiger charge is -2.01. The number of benzene rings is 1. The van der Waals surface area contributed by atoms with Crippen LogP contribution in [0.4, 0.5) is 0 Å². The average molecular weight is 265 g/mol. The maximum Gasteiger partial charge on any atom is 0.103 e. The molecule has 0 aliphatic carbocycles. The molecule has 0 radical (unpaired) electrons. The first kappa shape index (κ1) is 12.4. The Kier molecular flexibility index (Phi) is 4.95. The number of nitrogens with zero attached hydrogens (tertiary/aromatic N) is 1. The van der Waals surface area contributed by atoms with Crippen molar-refractivity contribution in [2.75, 3.05) is 0 Å². The van der Waals surface area contributed by atoms with Crippen LogP contribution in [0.3, 0.4) is 0 Å². The molecule has 80 valence electrons. The first-order chi connectivity index (χ1) is 7.13. The minimum atomic E-state index is 0.144. The van der Waals surface area contributed by atoms with E-state index < -0.39 is 0 Å². The number of hydrogen-bond donors (Lipinski definition) is 1. The molecule has 2 nitrogen and oxygen atoms in total. The first-order valence-electron chi connectivity index (χ1n) is 4.11. The molecule has 0 saturated heterocycles. The van der Waals surface area contributed by atoms with Crippen molar-refractivity contribution < 1.29 is 5.21 Å². The molecule has 0 aliphatic rings. The molecule has 0 aliphatic heterocycles. The smallest absolute Gasteiger partial charge is 0.103 e. The Hall–Kier alpha value is -0.700. The van der Waals surface area contributed by atoms with Gasteiger partial charge in [0, 0.05) is 11.4 Å². The fourth-order valence-corrected chi connectivity index (χ4v) is 1.31. The molecule has 0 spiro atoms. The zero-order chi connectivity index (χ0) is 11.3. The summed E-state index contributed by atoms with van der Waals surface area (Å²) in [7, 11) is 0. The second-order valence-corrected chi connectivity index (χ2v) is 4.20. The standard InChI is InChI=1S/C10H8Cl3NO/c11-8-3-1-7(2-4-8)9(14-15)5-6-10(12)13/h1-4,6,15H,5H2/b14-9-. The topological polar surface area (TPSA) is 32.6 Å². The lowest BCUT2D eigenvalue weighted by Crippen LogP contribution is -1.98. The summed E-state index contributed by atoms with van der Waals surface area (Å²) in [6.45, 7) is 0. The van der Waals surface area contributed by atoms with E-state index in [1.165, 1.54) is 0 Å². The van der Waals surface area contributed by atoms with Gasteiger partial charge >= 0.3 is 0 Å². The summed E-state index contributed by atoms with van der Waals surface area (Å²) in [5.41, 5.74) is 1.25. The Bertz CT molecular complexity index is 380. The number of oxime groups is 1. The Labute approximate surface area is 103 Å². The molecule has 0 fully saturated rings. The van der Waals surface area contributed by atoms with Crippen LogP contribution in [0.5, 0.6) is 0 Å². The van der Waals surface area contributed by atoms with Gasteiger partial charge in [-0.1, -0.05) is 52.1 Å². The second-order valence-electron chi connectivity index (χ2n) is 2.75. The van der Waals surface area contributed by atoms with Crippen molar-refractivity contribution in [2.45, 2.75) is 6.42 Å². The molecular weight excluding hydrogens is 256 g/mol. The fraction of sp³-hybridized carbons (Fsp3) is 0.100. The first-order valence-corrected chi connectivity index (χ1v) is 5.25. The van der Waals surface area contributed by atoms with E-state index in [1.807, 2.05) is 0 Å². The maximum absolute atomic E-state index is 8.80. The molecule has 0 amide bonds. The fourth-order valence-electron chi connectivity index (χ4n) is 1.03. The Morgan fingerprint density at radius 2 is 1.87 bits per heavy atom. The normalized spacial score (nSPS) is 11.3. The van der Waals surface area contributed by atoms with Crippen molar-refractivity contribution >= 4 is 40.5 Å². The highest BCUT2D eigenvalue weighted by atomic mass is 35.5. The van der Waals surface area contributed by atoms with Crippen LogP contribution < -0.4 is 0 Å². The average Bonchev–Trinajstić information content (AvgIpc) is 2.21. The van der Waals surface area contributed by atoms with Crippen molar-refractivity contribution in [3.63, 3.8) is 0 Å². The minimum absolute atomic E-state index is 0.144. The molecule has 0 atom stereocenters. The molecule has 0 unspecified atom stereocenters. The van der Waals surface area contributed by atoms with Crippen molar-refractivity contribution in [2.24, 2.45) is 5.16 Å². The zero-order valence-electron chi connectivity index (χ0n) is 7.62. The van der Waals surface area contributed by atoms with E-state index in [1.54, 1.807) is 30.3 Å². The second kappa shape index (κ2) is 6.01. The Morgan fingerprint density at radius 3 is 2.33 bits per heavy atom. The molecule has 0 heterocycles. The molecular formula is C10H8Cl3NO. The van der Waals surface area contributed by atoms with Gasteiger partial charge in [0.15, 0.2) is 0 Å². The SMILES string of the molecule is O/N=C(/CC=C(Cl)Cl)c1ccc(Cl)cc1. The van der Waals surface area contributed by atoms with E-state index >= 15 is 0 Å². The van der Waals surface area contributed by atoms with Gasteiger partial charge < -0.3 is 5.21 Å². The predicted molar refractivity (Wildman–Crippen MR) is 64.2 cm³/mol. The molecule has 0 bridgehead atoms. The summed E-state index contributed by atoms with van der Waals surface area (Å²) in [6, 6.07) is 6.95. The molecule has 1 N–H and O–H groups in total. The summed E-state index contributed by atoms with van der Waals surface area (Å²) < 4.78 is 0.144. The summed E-state index contributed by atoms with van der Waals surface area (Å²) in [5.74, 6) is 0. The number of halogens is 3. The van der Waals surface area contributed by atoms with Gasteiger partial charge in [0.25, 0.3) is 0 Å². The highest BCUT2D eigenvalue weighted by Crippen LogP contribution is 2.14. The van der Waals surface area contributed by atoms with Gasteiger partial charge in [-0.2, -0.15) is 0 Å². The van der Waals surface area contributed by atoms with Crippen molar-refractivity contribution in [3.8, 4) is 0 Å². The number of allylic oxidation sites excluding steroid dienone is 1. The van der Waals surface area contributed by atoms with Crippen LogP contribution in [0.1, 0.15) is 12.0 Å². The quantitative estimate of drug-likeness (QED) is 0.495. The third-order valence-electron chi connectivity index (χ3n) is 1.75. The zero-order valence-corrected chi connectivity index (χ0v) is 9.89. The van der Waals surface area contributed by atoms with E-state index in [2.05, 4.69) is 5.16 Å². The van der Waals surface area contributed by atoms with Crippen LogP contribution >= 0.6 is 34.8 Å². The van der Waals surface area contributed by atoms with Gasteiger partial charge in [0.1, 0.15) is 4.49 Å². The van der Waals surface area contributed by atoms with Gasteiger partial charge in [0.05, 0.1) is 5.71 Å². The Balaban J connectivity index is 2.85. The van der Waals surface area contributed by atoms with Gasteiger partial charge in [0.2, 0.25) is 0 Å². The van der Waals surface area contributed by atoms with Crippen LogP contribution in [0.2, 0.25) is 5.02 Å². The molecule has 1 aromatic rings. The van der Waals surface area contributed by atoms with Gasteiger partial charge in [-0.05, 0) is 23.8 Å². The highest BCUT2D eigenvalue weighted by molar-refractivity contribution is 6.55. The van der Waals surface area contributed by atoms with Crippen LogP contribution in [0.25, 0.3) is 0 Å². The largest absolute Gasteiger partial charge is 0.411 e. The summed E-state index contributed by atoms with van der Waals surface area (Å²) >= 11 is 16.7. The minimum Gasteiger partial charge on any atom is -0.411 e.